The second-order valence-corrected chi connectivity index (χ2v) is 5.37. The third kappa shape index (κ3) is 2.70. The first-order valence-corrected chi connectivity index (χ1v) is 6.64. The first-order chi connectivity index (χ1) is 8.09. The van der Waals surface area contributed by atoms with Gasteiger partial charge in [-0.25, -0.2) is 0 Å². The number of benzene rings is 1. The molecule has 0 amide bonds. The van der Waals surface area contributed by atoms with Gasteiger partial charge in [-0.15, -0.1) is 0 Å². The van der Waals surface area contributed by atoms with E-state index in [0.29, 0.717) is 12.1 Å². The predicted molar refractivity (Wildman–Crippen MR) is 73.1 cm³/mol. The first kappa shape index (κ1) is 12.6. The largest absolute Gasteiger partial charge is 0.326 e. The molecule has 2 heteroatoms. The molecule has 1 aliphatic rings. The van der Waals surface area contributed by atoms with Crippen LogP contribution in [0.1, 0.15) is 41.5 Å². The van der Waals surface area contributed by atoms with Gasteiger partial charge < -0.3 is 11.1 Å². The highest BCUT2D eigenvalue weighted by Crippen LogP contribution is 2.20. The van der Waals surface area contributed by atoms with Crippen molar-refractivity contribution in [2.45, 2.75) is 58.7 Å². The molecule has 2 rings (SSSR count). The fourth-order valence-corrected chi connectivity index (χ4v) is 2.69. The monoisotopic (exact) mass is 232 g/mol. The topological polar surface area (TPSA) is 38.0 Å². The molecule has 1 aromatic carbocycles. The van der Waals surface area contributed by atoms with E-state index in [1.807, 2.05) is 0 Å². The maximum atomic E-state index is 6.07. The van der Waals surface area contributed by atoms with Crippen LogP contribution in [0.3, 0.4) is 0 Å². The molecule has 94 valence electrons. The van der Waals surface area contributed by atoms with Crippen LogP contribution in [-0.4, -0.2) is 12.1 Å². The third-order valence-electron chi connectivity index (χ3n) is 4.29. The Kier molecular flexibility index (Phi) is 3.85. The first-order valence-electron chi connectivity index (χ1n) is 6.64. The van der Waals surface area contributed by atoms with E-state index in [1.165, 1.54) is 41.5 Å². The summed E-state index contributed by atoms with van der Waals surface area (Å²) in [5.41, 5.74) is 11.7. The van der Waals surface area contributed by atoms with Crippen LogP contribution in [0, 0.1) is 20.8 Å². The van der Waals surface area contributed by atoms with E-state index in [0.717, 1.165) is 6.54 Å². The van der Waals surface area contributed by atoms with E-state index in [2.05, 4.69) is 38.2 Å². The molecule has 2 nitrogen and oxygen atoms in total. The summed E-state index contributed by atoms with van der Waals surface area (Å²) in [6.45, 7) is 7.54. The van der Waals surface area contributed by atoms with Gasteiger partial charge >= 0.3 is 0 Å². The highest BCUT2D eigenvalue weighted by molar-refractivity contribution is 5.38. The van der Waals surface area contributed by atoms with E-state index in [1.54, 1.807) is 0 Å². The van der Waals surface area contributed by atoms with Crippen LogP contribution in [0.2, 0.25) is 0 Å². The quantitative estimate of drug-likeness (QED) is 0.840. The number of nitrogens with two attached hydrogens (primary N) is 1. The van der Waals surface area contributed by atoms with Gasteiger partial charge in [0, 0.05) is 18.6 Å². The van der Waals surface area contributed by atoms with Crippen molar-refractivity contribution in [2.75, 3.05) is 0 Å². The Morgan fingerprint density at radius 3 is 2.59 bits per heavy atom. The highest BCUT2D eigenvalue weighted by Gasteiger charge is 2.23. The van der Waals surface area contributed by atoms with Crippen molar-refractivity contribution in [3.8, 4) is 0 Å². The smallest absolute Gasteiger partial charge is 0.0222 e. The lowest BCUT2D eigenvalue weighted by Gasteiger charge is -2.19. The van der Waals surface area contributed by atoms with Gasteiger partial charge in [-0.2, -0.15) is 0 Å². The summed E-state index contributed by atoms with van der Waals surface area (Å²) in [7, 11) is 0. The summed E-state index contributed by atoms with van der Waals surface area (Å²) >= 11 is 0. The zero-order valence-corrected chi connectivity index (χ0v) is 11.2. The van der Waals surface area contributed by atoms with E-state index in [-0.39, 0.29) is 0 Å². The molecule has 1 saturated carbocycles. The fraction of sp³-hybridized carbons (Fsp3) is 0.600. The van der Waals surface area contributed by atoms with Gasteiger partial charge in [0.2, 0.25) is 0 Å². The van der Waals surface area contributed by atoms with E-state index < -0.39 is 0 Å². The number of hydrogen-bond donors (Lipinski definition) is 2. The summed E-state index contributed by atoms with van der Waals surface area (Å²) in [6, 6.07) is 5.32. The summed E-state index contributed by atoms with van der Waals surface area (Å²) < 4.78 is 0. The Hall–Kier alpha value is -0.860. The molecule has 3 N–H and O–H groups in total. The Morgan fingerprint density at radius 1 is 1.18 bits per heavy atom. The zero-order valence-electron chi connectivity index (χ0n) is 11.2. The molecule has 1 fully saturated rings. The second-order valence-electron chi connectivity index (χ2n) is 5.37. The maximum absolute atomic E-state index is 6.07. The van der Waals surface area contributed by atoms with Gasteiger partial charge in [0.25, 0.3) is 0 Å². The molecule has 0 spiro atoms. The van der Waals surface area contributed by atoms with Crippen molar-refractivity contribution in [1.29, 1.82) is 0 Å². The van der Waals surface area contributed by atoms with Gasteiger partial charge in [-0.1, -0.05) is 18.6 Å². The molecule has 0 aliphatic heterocycles. The van der Waals surface area contributed by atoms with Gasteiger partial charge in [0.05, 0.1) is 0 Å². The molecule has 0 heterocycles. The van der Waals surface area contributed by atoms with Crippen LogP contribution in [0.4, 0.5) is 0 Å². The minimum Gasteiger partial charge on any atom is -0.326 e. The molecule has 0 aromatic heterocycles. The summed E-state index contributed by atoms with van der Waals surface area (Å²) in [5.74, 6) is 0. The molecular formula is C15H24N2. The number of rotatable bonds is 3. The predicted octanol–water partition coefficient (Wildman–Crippen LogP) is 2.58. The van der Waals surface area contributed by atoms with Crippen LogP contribution >= 0.6 is 0 Å². The number of aryl methyl sites for hydroxylation is 1. The molecule has 1 aliphatic carbocycles. The lowest BCUT2D eigenvalue weighted by atomic mass is 9.98. The molecule has 17 heavy (non-hydrogen) atoms. The molecule has 0 radical (unpaired) electrons. The number of hydrogen-bond acceptors (Lipinski definition) is 2. The molecule has 2 atom stereocenters. The van der Waals surface area contributed by atoms with Crippen LogP contribution < -0.4 is 11.1 Å². The van der Waals surface area contributed by atoms with Gasteiger partial charge in [-0.05, 0) is 55.9 Å². The van der Waals surface area contributed by atoms with Crippen molar-refractivity contribution in [3.05, 3.63) is 34.4 Å². The van der Waals surface area contributed by atoms with Crippen molar-refractivity contribution in [1.82, 2.24) is 5.32 Å². The highest BCUT2D eigenvalue weighted by atomic mass is 15.0. The van der Waals surface area contributed by atoms with Crippen LogP contribution in [-0.2, 0) is 6.54 Å². The Morgan fingerprint density at radius 2 is 1.94 bits per heavy atom. The lowest BCUT2D eigenvalue weighted by molar-refractivity contribution is 0.475. The summed E-state index contributed by atoms with van der Waals surface area (Å²) in [4.78, 5) is 0. The minimum atomic E-state index is 0.349. The third-order valence-corrected chi connectivity index (χ3v) is 4.29. The molecule has 0 saturated heterocycles. The molecule has 1 aromatic rings. The number of nitrogens with one attached hydrogen (secondary N) is 1. The van der Waals surface area contributed by atoms with Crippen molar-refractivity contribution < 1.29 is 0 Å². The lowest BCUT2D eigenvalue weighted by Crippen LogP contribution is -2.40. The van der Waals surface area contributed by atoms with E-state index in [4.69, 9.17) is 5.73 Å². The SMILES string of the molecule is Cc1ccc(CNC2CCCC2N)c(C)c1C. The molecule has 2 unspecified atom stereocenters. The summed E-state index contributed by atoms with van der Waals surface area (Å²) in [6.07, 6.45) is 3.67. The Balaban J connectivity index is 2.02. The van der Waals surface area contributed by atoms with E-state index in [9.17, 15) is 0 Å². The van der Waals surface area contributed by atoms with Crippen LogP contribution in [0.15, 0.2) is 12.1 Å². The summed E-state index contributed by atoms with van der Waals surface area (Å²) in [5, 5.41) is 3.61. The normalized spacial score (nSPS) is 24.2. The van der Waals surface area contributed by atoms with Crippen molar-refractivity contribution in [3.63, 3.8) is 0 Å². The van der Waals surface area contributed by atoms with E-state index >= 15 is 0 Å². The Labute approximate surface area is 105 Å². The molecular weight excluding hydrogens is 208 g/mol. The standard InChI is InChI=1S/C15H24N2/c1-10-7-8-13(12(3)11(10)2)9-17-15-6-4-5-14(15)16/h7-8,14-15,17H,4-6,9,16H2,1-3H3. The van der Waals surface area contributed by atoms with Crippen molar-refractivity contribution >= 4 is 0 Å². The molecule has 0 bridgehead atoms. The zero-order chi connectivity index (χ0) is 12.4. The Bertz CT molecular complexity index is 398. The fourth-order valence-electron chi connectivity index (χ4n) is 2.69. The average molecular weight is 232 g/mol. The second kappa shape index (κ2) is 5.19. The maximum Gasteiger partial charge on any atom is 0.0222 e. The van der Waals surface area contributed by atoms with Crippen LogP contribution in [0.25, 0.3) is 0 Å². The minimum absolute atomic E-state index is 0.349. The van der Waals surface area contributed by atoms with Gasteiger partial charge in [0.1, 0.15) is 0 Å². The average Bonchev–Trinajstić information content (AvgIpc) is 2.71. The van der Waals surface area contributed by atoms with Crippen LogP contribution in [0.5, 0.6) is 0 Å². The van der Waals surface area contributed by atoms with Gasteiger partial charge in [-0.3, -0.25) is 0 Å². The van der Waals surface area contributed by atoms with Crippen molar-refractivity contribution in [2.24, 2.45) is 5.73 Å². The van der Waals surface area contributed by atoms with Gasteiger partial charge in [0.15, 0.2) is 0 Å².